The Kier molecular flexibility index (Phi) is 6.22. The van der Waals surface area contributed by atoms with E-state index >= 15 is 0 Å². The molecule has 0 aromatic rings. The summed E-state index contributed by atoms with van der Waals surface area (Å²) in [5.74, 6) is -0.831. The van der Waals surface area contributed by atoms with E-state index in [0.29, 0.717) is 6.42 Å². The molecule has 0 aromatic carbocycles. The first-order valence-electron chi connectivity index (χ1n) is 5.13. The molecule has 16 heavy (non-hydrogen) atoms. The van der Waals surface area contributed by atoms with E-state index in [2.05, 4.69) is 6.58 Å². The lowest BCUT2D eigenvalue weighted by Gasteiger charge is -2.25. The van der Waals surface area contributed by atoms with Crippen LogP contribution in [0.25, 0.3) is 0 Å². The Balaban J connectivity index is 4.47. The molecule has 0 aliphatic carbocycles. The third-order valence-corrected chi connectivity index (χ3v) is 2.06. The van der Waals surface area contributed by atoms with Crippen molar-refractivity contribution >= 4 is 12.1 Å². The smallest absolute Gasteiger partial charge is 0.410 e. The van der Waals surface area contributed by atoms with Crippen molar-refractivity contribution in [2.45, 2.75) is 26.3 Å². The minimum absolute atomic E-state index is 0.0805. The first kappa shape index (κ1) is 14.5. The quantitative estimate of drug-likeness (QED) is 0.704. The Hall–Kier alpha value is -1.52. The highest BCUT2D eigenvalue weighted by atomic mass is 16.6. The standard InChI is InChI=1S/C11H19NO4/c1-5-6-16-11(15)12(4)9(10(13)14)7-8(2)3/h5,8-9H,1,6-7H2,2-4H3,(H,13,14)/t9-/m1/s1. The zero-order valence-corrected chi connectivity index (χ0v) is 9.97. The number of likely N-dealkylation sites (N-methyl/N-ethyl adjacent to an activating group) is 1. The highest BCUT2D eigenvalue weighted by Crippen LogP contribution is 2.11. The fourth-order valence-corrected chi connectivity index (χ4v) is 1.23. The number of carboxylic acid groups (broad SMARTS) is 1. The second-order valence-electron chi connectivity index (χ2n) is 3.96. The van der Waals surface area contributed by atoms with Crippen LogP contribution in [0.1, 0.15) is 20.3 Å². The molecular weight excluding hydrogens is 210 g/mol. The summed E-state index contributed by atoms with van der Waals surface area (Å²) in [5, 5.41) is 9.00. The van der Waals surface area contributed by atoms with Crippen molar-refractivity contribution in [3.8, 4) is 0 Å². The van der Waals surface area contributed by atoms with Crippen molar-refractivity contribution in [2.24, 2.45) is 5.92 Å². The van der Waals surface area contributed by atoms with Gasteiger partial charge in [0.2, 0.25) is 0 Å². The van der Waals surface area contributed by atoms with E-state index < -0.39 is 18.1 Å². The van der Waals surface area contributed by atoms with Crippen LogP contribution >= 0.6 is 0 Å². The van der Waals surface area contributed by atoms with Gasteiger partial charge in [-0.1, -0.05) is 26.5 Å². The summed E-state index contributed by atoms with van der Waals surface area (Å²) in [6.07, 6.45) is 1.19. The SMILES string of the molecule is C=CCOC(=O)N(C)[C@H](CC(C)C)C(=O)O. The van der Waals surface area contributed by atoms with Gasteiger partial charge < -0.3 is 9.84 Å². The zero-order chi connectivity index (χ0) is 12.7. The van der Waals surface area contributed by atoms with Gasteiger partial charge in [-0.2, -0.15) is 0 Å². The Morgan fingerprint density at radius 3 is 2.44 bits per heavy atom. The molecule has 0 unspecified atom stereocenters. The summed E-state index contributed by atoms with van der Waals surface area (Å²) in [4.78, 5) is 23.5. The summed E-state index contributed by atoms with van der Waals surface area (Å²) in [6, 6.07) is -0.850. The highest BCUT2D eigenvalue weighted by molar-refractivity contribution is 5.79. The van der Waals surface area contributed by atoms with E-state index in [4.69, 9.17) is 9.84 Å². The van der Waals surface area contributed by atoms with Crippen LogP contribution in [-0.4, -0.2) is 41.8 Å². The number of hydrogen-bond donors (Lipinski definition) is 1. The van der Waals surface area contributed by atoms with E-state index in [1.54, 1.807) is 0 Å². The topological polar surface area (TPSA) is 66.8 Å². The average molecular weight is 229 g/mol. The third-order valence-electron chi connectivity index (χ3n) is 2.06. The molecule has 0 saturated heterocycles. The van der Waals surface area contributed by atoms with Crippen LogP contribution in [0.4, 0.5) is 4.79 Å². The molecule has 5 heteroatoms. The number of amides is 1. The summed E-state index contributed by atoms with van der Waals surface area (Å²) in [7, 11) is 1.42. The maximum atomic E-state index is 11.4. The van der Waals surface area contributed by atoms with Gasteiger partial charge in [0, 0.05) is 7.05 Å². The fourth-order valence-electron chi connectivity index (χ4n) is 1.23. The molecule has 92 valence electrons. The molecule has 0 aromatic heterocycles. The Morgan fingerprint density at radius 2 is 2.06 bits per heavy atom. The van der Waals surface area contributed by atoms with Crippen LogP contribution in [0.3, 0.4) is 0 Å². The van der Waals surface area contributed by atoms with Crippen molar-refractivity contribution in [1.29, 1.82) is 0 Å². The third kappa shape index (κ3) is 4.82. The second-order valence-corrected chi connectivity index (χ2v) is 3.96. The van der Waals surface area contributed by atoms with E-state index in [1.165, 1.54) is 13.1 Å². The van der Waals surface area contributed by atoms with Crippen molar-refractivity contribution in [3.05, 3.63) is 12.7 Å². The first-order chi connectivity index (χ1) is 7.40. The maximum Gasteiger partial charge on any atom is 0.410 e. The van der Waals surface area contributed by atoms with Gasteiger partial charge in [-0.3, -0.25) is 4.90 Å². The number of hydrogen-bond acceptors (Lipinski definition) is 3. The number of ether oxygens (including phenoxy) is 1. The lowest BCUT2D eigenvalue weighted by Crippen LogP contribution is -2.43. The lowest BCUT2D eigenvalue weighted by molar-refractivity contribution is -0.142. The molecule has 0 aliphatic heterocycles. The van der Waals surface area contributed by atoms with Crippen LogP contribution in [0.5, 0.6) is 0 Å². The molecular formula is C11H19NO4. The first-order valence-corrected chi connectivity index (χ1v) is 5.13. The van der Waals surface area contributed by atoms with Crippen molar-refractivity contribution in [2.75, 3.05) is 13.7 Å². The van der Waals surface area contributed by atoms with Crippen LogP contribution < -0.4 is 0 Å². The minimum atomic E-state index is -1.02. The molecule has 0 bridgehead atoms. The number of carboxylic acids is 1. The highest BCUT2D eigenvalue weighted by Gasteiger charge is 2.27. The van der Waals surface area contributed by atoms with Gasteiger partial charge >= 0.3 is 12.1 Å². The predicted octanol–water partition coefficient (Wildman–Crippen LogP) is 1.74. The van der Waals surface area contributed by atoms with Crippen LogP contribution in [0, 0.1) is 5.92 Å². The number of aliphatic carboxylic acids is 1. The van der Waals surface area contributed by atoms with Gasteiger partial charge in [-0.05, 0) is 12.3 Å². The van der Waals surface area contributed by atoms with Crippen LogP contribution in [0.15, 0.2) is 12.7 Å². The molecule has 1 amide bonds. The molecule has 0 fully saturated rings. The van der Waals surface area contributed by atoms with Crippen LogP contribution in [-0.2, 0) is 9.53 Å². The summed E-state index contributed by atoms with van der Waals surface area (Å²) >= 11 is 0. The molecule has 1 N–H and O–H groups in total. The van der Waals surface area contributed by atoms with Gasteiger partial charge in [0.05, 0.1) is 0 Å². The number of nitrogens with zero attached hydrogens (tertiary/aromatic N) is 1. The van der Waals surface area contributed by atoms with Crippen molar-refractivity contribution < 1.29 is 19.4 Å². The van der Waals surface area contributed by atoms with Gasteiger partial charge in [-0.25, -0.2) is 9.59 Å². The van der Waals surface area contributed by atoms with Crippen molar-refractivity contribution in [3.63, 3.8) is 0 Å². The predicted molar refractivity (Wildman–Crippen MR) is 60.2 cm³/mol. The van der Waals surface area contributed by atoms with E-state index in [9.17, 15) is 9.59 Å². The van der Waals surface area contributed by atoms with Gasteiger partial charge in [0.1, 0.15) is 12.6 Å². The Labute approximate surface area is 95.7 Å². The second kappa shape index (κ2) is 6.87. The van der Waals surface area contributed by atoms with Crippen molar-refractivity contribution in [1.82, 2.24) is 4.90 Å². The van der Waals surface area contributed by atoms with Crippen LogP contribution in [0.2, 0.25) is 0 Å². The van der Waals surface area contributed by atoms with Gasteiger partial charge in [0.25, 0.3) is 0 Å². The van der Waals surface area contributed by atoms with E-state index in [-0.39, 0.29) is 12.5 Å². The molecule has 0 aliphatic rings. The lowest BCUT2D eigenvalue weighted by atomic mass is 10.0. The maximum absolute atomic E-state index is 11.4. The Morgan fingerprint density at radius 1 is 1.50 bits per heavy atom. The zero-order valence-electron chi connectivity index (χ0n) is 9.97. The van der Waals surface area contributed by atoms with Gasteiger partial charge in [0.15, 0.2) is 0 Å². The molecule has 0 spiro atoms. The normalized spacial score (nSPS) is 12.0. The number of rotatable bonds is 6. The summed E-state index contributed by atoms with van der Waals surface area (Å²) in [6.45, 7) is 7.29. The summed E-state index contributed by atoms with van der Waals surface area (Å²) in [5.41, 5.74) is 0. The molecule has 0 saturated carbocycles. The molecule has 0 heterocycles. The average Bonchev–Trinajstić information content (AvgIpc) is 2.20. The molecule has 5 nitrogen and oxygen atoms in total. The Bertz CT molecular complexity index is 263. The molecule has 0 rings (SSSR count). The minimum Gasteiger partial charge on any atom is -0.480 e. The van der Waals surface area contributed by atoms with E-state index in [1.807, 2.05) is 13.8 Å². The fraction of sp³-hybridized carbons (Fsp3) is 0.636. The van der Waals surface area contributed by atoms with Gasteiger partial charge in [-0.15, -0.1) is 0 Å². The number of carbonyl (C=O) groups excluding carboxylic acids is 1. The summed E-state index contributed by atoms with van der Waals surface area (Å²) < 4.78 is 4.77. The monoisotopic (exact) mass is 229 g/mol. The van der Waals surface area contributed by atoms with E-state index in [0.717, 1.165) is 4.90 Å². The number of carbonyl (C=O) groups is 2. The molecule has 1 atom stereocenters. The molecule has 0 radical (unpaired) electrons. The largest absolute Gasteiger partial charge is 0.480 e.